The van der Waals surface area contributed by atoms with Gasteiger partial charge in [-0.05, 0) is 110 Å². The Bertz CT molecular complexity index is 562. The molecule has 4 fully saturated rings. The molecule has 206 valence electrons. The van der Waals surface area contributed by atoms with E-state index >= 15 is 0 Å². The number of methoxy groups -OCH3 is 1. The van der Waals surface area contributed by atoms with E-state index in [1.807, 2.05) is 13.8 Å². The SMILES string of the molecule is C.CC(C)(O)C1CCC(OC2CCCCO2)CC1.COC(=O)C1CCC(OC2CCCCO2)CC1. The first-order valence-corrected chi connectivity index (χ1v) is 13.7. The van der Waals surface area contributed by atoms with Crippen molar-refractivity contribution >= 4 is 5.97 Å². The number of carbonyl (C=O) groups is 1. The highest BCUT2D eigenvalue weighted by molar-refractivity contribution is 5.72. The first kappa shape index (κ1) is 30.5. The maximum absolute atomic E-state index is 11.4. The minimum Gasteiger partial charge on any atom is -0.469 e. The second-order valence-electron chi connectivity index (χ2n) is 11.0. The Morgan fingerprint density at radius 3 is 1.57 bits per heavy atom. The fraction of sp³-hybridized carbons (Fsp3) is 0.964. The van der Waals surface area contributed by atoms with E-state index in [1.165, 1.54) is 26.4 Å². The van der Waals surface area contributed by atoms with Crippen LogP contribution in [-0.2, 0) is 28.5 Å². The molecule has 2 aliphatic heterocycles. The summed E-state index contributed by atoms with van der Waals surface area (Å²) in [4.78, 5) is 11.4. The van der Waals surface area contributed by atoms with Crippen molar-refractivity contribution in [2.24, 2.45) is 11.8 Å². The van der Waals surface area contributed by atoms with Crippen molar-refractivity contribution in [2.45, 2.75) is 142 Å². The summed E-state index contributed by atoms with van der Waals surface area (Å²) < 4.78 is 27.8. The molecule has 0 amide bonds. The number of ether oxygens (including phenoxy) is 5. The van der Waals surface area contributed by atoms with Gasteiger partial charge in [0.2, 0.25) is 0 Å². The molecule has 0 spiro atoms. The second kappa shape index (κ2) is 15.5. The highest BCUT2D eigenvalue weighted by Gasteiger charge is 2.33. The van der Waals surface area contributed by atoms with Crippen molar-refractivity contribution in [3.63, 3.8) is 0 Å². The Hall–Kier alpha value is -0.730. The lowest BCUT2D eigenvalue weighted by atomic mass is 9.78. The van der Waals surface area contributed by atoms with Gasteiger partial charge < -0.3 is 28.8 Å². The van der Waals surface area contributed by atoms with Gasteiger partial charge in [0.15, 0.2) is 12.6 Å². The summed E-state index contributed by atoms with van der Waals surface area (Å²) >= 11 is 0. The van der Waals surface area contributed by atoms with Gasteiger partial charge in [-0.2, -0.15) is 0 Å². The number of hydrogen-bond donors (Lipinski definition) is 1. The van der Waals surface area contributed by atoms with Crippen LogP contribution in [0, 0.1) is 11.8 Å². The zero-order valence-electron chi connectivity index (χ0n) is 21.7. The van der Waals surface area contributed by atoms with Crippen molar-refractivity contribution in [3.05, 3.63) is 0 Å². The predicted molar refractivity (Wildman–Crippen MR) is 136 cm³/mol. The van der Waals surface area contributed by atoms with Gasteiger partial charge in [0, 0.05) is 13.2 Å². The molecule has 2 heterocycles. The Morgan fingerprint density at radius 1 is 0.743 bits per heavy atom. The zero-order chi connectivity index (χ0) is 24.4. The van der Waals surface area contributed by atoms with Gasteiger partial charge >= 0.3 is 5.97 Å². The molecular formula is C28H52O7. The van der Waals surface area contributed by atoms with Crippen LogP contribution in [0.5, 0.6) is 0 Å². The van der Waals surface area contributed by atoms with Gasteiger partial charge in [-0.1, -0.05) is 7.43 Å². The van der Waals surface area contributed by atoms with E-state index in [2.05, 4.69) is 0 Å². The predicted octanol–water partition coefficient (Wildman–Crippen LogP) is 5.76. The lowest BCUT2D eigenvalue weighted by molar-refractivity contribution is -0.197. The van der Waals surface area contributed by atoms with E-state index in [0.717, 1.165) is 83.8 Å². The van der Waals surface area contributed by atoms with E-state index in [-0.39, 0.29) is 38.0 Å². The van der Waals surface area contributed by atoms with E-state index in [9.17, 15) is 9.90 Å². The Balaban J connectivity index is 0.000000240. The number of esters is 1. The summed E-state index contributed by atoms with van der Waals surface area (Å²) in [7, 11) is 1.46. The van der Waals surface area contributed by atoms with Crippen molar-refractivity contribution in [1.82, 2.24) is 0 Å². The molecule has 7 heteroatoms. The molecule has 7 nitrogen and oxygen atoms in total. The van der Waals surface area contributed by atoms with Gasteiger partial charge in [-0.3, -0.25) is 4.79 Å². The molecule has 35 heavy (non-hydrogen) atoms. The molecule has 4 rings (SSSR count). The maximum Gasteiger partial charge on any atom is 0.308 e. The van der Waals surface area contributed by atoms with Crippen molar-refractivity contribution < 1.29 is 33.6 Å². The highest BCUT2D eigenvalue weighted by atomic mass is 16.7. The first-order valence-electron chi connectivity index (χ1n) is 13.7. The summed E-state index contributed by atoms with van der Waals surface area (Å²) in [5.74, 6) is 0.430. The maximum atomic E-state index is 11.4. The average Bonchev–Trinajstić information content (AvgIpc) is 2.85. The summed E-state index contributed by atoms with van der Waals surface area (Å²) in [6.45, 7) is 5.51. The van der Waals surface area contributed by atoms with Crippen molar-refractivity contribution in [3.8, 4) is 0 Å². The Morgan fingerprint density at radius 2 is 1.20 bits per heavy atom. The van der Waals surface area contributed by atoms with Crippen LogP contribution in [0.15, 0.2) is 0 Å². The van der Waals surface area contributed by atoms with Crippen molar-refractivity contribution in [2.75, 3.05) is 20.3 Å². The minimum atomic E-state index is -0.535. The molecule has 2 unspecified atom stereocenters. The molecule has 1 N–H and O–H groups in total. The van der Waals surface area contributed by atoms with E-state index in [1.54, 1.807) is 0 Å². The fourth-order valence-corrected chi connectivity index (χ4v) is 5.57. The Kier molecular flexibility index (Phi) is 13.5. The van der Waals surface area contributed by atoms with Crippen LogP contribution >= 0.6 is 0 Å². The molecule has 2 aliphatic carbocycles. The smallest absolute Gasteiger partial charge is 0.308 e. The molecule has 2 atom stereocenters. The normalized spacial score (nSPS) is 34.1. The topological polar surface area (TPSA) is 83.5 Å². The number of rotatable bonds is 6. The van der Waals surface area contributed by atoms with Crippen LogP contribution < -0.4 is 0 Å². The molecule has 2 saturated heterocycles. The van der Waals surface area contributed by atoms with E-state index in [4.69, 9.17) is 23.7 Å². The summed E-state index contributed by atoms with van der Waals surface area (Å²) in [6, 6.07) is 0. The van der Waals surface area contributed by atoms with Gasteiger partial charge in [0.1, 0.15) is 0 Å². The summed E-state index contributed by atoms with van der Waals surface area (Å²) in [5.41, 5.74) is -0.535. The van der Waals surface area contributed by atoms with Crippen LogP contribution in [0.2, 0.25) is 0 Å². The first-order chi connectivity index (χ1) is 16.3. The van der Waals surface area contributed by atoms with Crippen LogP contribution in [0.1, 0.15) is 111 Å². The standard InChI is InChI=1S/C14H26O3.C13H22O4.CH4/c1-14(2,15)11-6-8-12(9-7-11)17-13-5-3-4-10-16-13;1-15-13(14)10-5-7-11(8-6-10)17-12-4-2-3-9-16-12;/h11-13,15H,3-10H2,1-2H3;10-12H,2-9H2,1H3;1H4. The van der Waals surface area contributed by atoms with E-state index < -0.39 is 5.60 Å². The van der Waals surface area contributed by atoms with Crippen LogP contribution in [0.3, 0.4) is 0 Å². The number of carbonyl (C=O) groups excluding carboxylic acids is 1. The third-order valence-electron chi connectivity index (χ3n) is 7.85. The molecule has 0 aromatic heterocycles. The van der Waals surface area contributed by atoms with Crippen molar-refractivity contribution in [1.29, 1.82) is 0 Å². The number of hydrogen-bond acceptors (Lipinski definition) is 7. The second-order valence-corrected chi connectivity index (χ2v) is 11.0. The van der Waals surface area contributed by atoms with Gasteiger partial charge in [0.05, 0.1) is 30.8 Å². The molecule has 0 aromatic rings. The molecule has 0 radical (unpaired) electrons. The molecular weight excluding hydrogens is 448 g/mol. The molecule has 0 bridgehead atoms. The highest BCUT2D eigenvalue weighted by Crippen LogP contribution is 2.34. The molecule has 4 aliphatic rings. The van der Waals surface area contributed by atoms with Gasteiger partial charge in [-0.25, -0.2) is 0 Å². The van der Waals surface area contributed by atoms with Crippen LogP contribution in [0.25, 0.3) is 0 Å². The minimum absolute atomic E-state index is 0. The number of aliphatic hydroxyl groups is 1. The molecule has 2 saturated carbocycles. The van der Waals surface area contributed by atoms with Crippen LogP contribution in [0.4, 0.5) is 0 Å². The van der Waals surface area contributed by atoms with Gasteiger partial charge in [0.25, 0.3) is 0 Å². The zero-order valence-corrected chi connectivity index (χ0v) is 21.7. The summed E-state index contributed by atoms with van der Waals surface area (Å²) in [6.07, 6.45) is 15.3. The van der Waals surface area contributed by atoms with Crippen LogP contribution in [-0.4, -0.2) is 61.8 Å². The third-order valence-corrected chi connectivity index (χ3v) is 7.85. The Labute approximate surface area is 213 Å². The quantitative estimate of drug-likeness (QED) is 0.464. The monoisotopic (exact) mass is 500 g/mol. The fourth-order valence-electron chi connectivity index (χ4n) is 5.57. The third kappa shape index (κ3) is 10.6. The average molecular weight is 501 g/mol. The lowest BCUT2D eigenvalue weighted by Crippen LogP contribution is -2.37. The van der Waals surface area contributed by atoms with Gasteiger partial charge in [-0.15, -0.1) is 0 Å². The summed E-state index contributed by atoms with van der Waals surface area (Å²) in [5, 5.41) is 9.98. The van der Waals surface area contributed by atoms with E-state index in [0.29, 0.717) is 12.0 Å². The largest absolute Gasteiger partial charge is 0.469 e. The lowest BCUT2D eigenvalue weighted by Gasteiger charge is -2.37. The molecule has 0 aromatic carbocycles.